The molecule has 5 nitrogen and oxygen atoms in total. The van der Waals surface area contributed by atoms with Gasteiger partial charge >= 0.3 is 0 Å². The third-order valence-corrected chi connectivity index (χ3v) is 5.39. The van der Waals surface area contributed by atoms with Crippen molar-refractivity contribution in [1.82, 2.24) is 10.2 Å². The highest BCUT2D eigenvalue weighted by Gasteiger charge is 2.57. The van der Waals surface area contributed by atoms with E-state index in [0.29, 0.717) is 0 Å². The van der Waals surface area contributed by atoms with Gasteiger partial charge in [0, 0.05) is 0 Å². The molecule has 0 bridgehead atoms. The molecule has 2 fully saturated rings. The van der Waals surface area contributed by atoms with Crippen molar-refractivity contribution in [1.29, 1.82) is 0 Å². The quantitative estimate of drug-likeness (QED) is 0.790. The molecular weight excluding hydrogens is 288 g/mol. The number of carbonyl (C=O) groups is 2. The van der Waals surface area contributed by atoms with Crippen LogP contribution in [0.15, 0.2) is 30.3 Å². The van der Waals surface area contributed by atoms with Crippen LogP contribution in [0.1, 0.15) is 19.4 Å². The maximum Gasteiger partial charge on any atom is 0.246 e. The largest absolute Gasteiger partial charge is 0.372 e. The van der Waals surface area contributed by atoms with Crippen LogP contribution >= 0.6 is 11.8 Å². The molecular formula is C15H18N2O3S. The number of rotatable bonds is 2. The van der Waals surface area contributed by atoms with Crippen molar-refractivity contribution in [2.75, 3.05) is 0 Å². The summed E-state index contributed by atoms with van der Waals surface area (Å²) >= 11 is 1.50. The van der Waals surface area contributed by atoms with Gasteiger partial charge in [0.05, 0.1) is 11.2 Å². The number of fused-ring (bicyclic) bond motifs is 1. The average Bonchev–Trinajstić information content (AvgIpc) is 2.43. The topological polar surface area (TPSA) is 69.6 Å². The van der Waals surface area contributed by atoms with E-state index < -0.39 is 17.0 Å². The van der Waals surface area contributed by atoms with Crippen molar-refractivity contribution in [3.05, 3.63) is 35.9 Å². The van der Waals surface area contributed by atoms with E-state index in [1.54, 1.807) is 0 Å². The number of carbonyl (C=O) groups excluding carboxylic acids is 2. The Hall–Kier alpha value is -1.53. The van der Waals surface area contributed by atoms with Gasteiger partial charge in [-0.1, -0.05) is 30.3 Å². The molecule has 2 saturated heterocycles. The Morgan fingerprint density at radius 2 is 2.05 bits per heavy atom. The maximum absolute atomic E-state index is 12.6. The number of β-lactam (4-membered cyclic amide) rings is 1. The Kier molecular flexibility index (Phi) is 3.45. The Morgan fingerprint density at radius 1 is 1.38 bits per heavy atom. The number of hydrogen-bond donors (Lipinski definition) is 2. The number of hydrogen-bond acceptors (Lipinski definition) is 4. The minimum absolute atomic E-state index is 0.129. The standard InChI is InChI=1S/C15H18N2O3S/c1-15(2)14(20)17(11-12(19)16-13(11)21-15)10(18)8-9-6-4-3-5-7-9/h3-7,11,13-14,20H,8H2,1-2H3,(H,16,19)/t11-,13-,14?/m1/s1. The highest BCUT2D eigenvalue weighted by atomic mass is 32.2. The minimum Gasteiger partial charge on any atom is -0.372 e. The molecule has 21 heavy (non-hydrogen) atoms. The number of nitrogens with zero attached hydrogens (tertiary/aromatic N) is 1. The summed E-state index contributed by atoms with van der Waals surface area (Å²) in [4.78, 5) is 25.7. The van der Waals surface area contributed by atoms with Crippen LogP contribution in [-0.2, 0) is 16.0 Å². The molecule has 2 aliphatic rings. The summed E-state index contributed by atoms with van der Waals surface area (Å²) in [6.45, 7) is 3.76. The molecule has 2 heterocycles. The lowest BCUT2D eigenvalue weighted by molar-refractivity contribution is -0.162. The van der Waals surface area contributed by atoms with Crippen molar-refractivity contribution in [3.63, 3.8) is 0 Å². The summed E-state index contributed by atoms with van der Waals surface area (Å²) < 4.78 is -0.513. The van der Waals surface area contributed by atoms with Crippen molar-refractivity contribution < 1.29 is 14.7 Å². The van der Waals surface area contributed by atoms with Crippen molar-refractivity contribution in [2.45, 2.75) is 42.7 Å². The van der Waals surface area contributed by atoms with E-state index in [1.165, 1.54) is 16.7 Å². The molecule has 6 heteroatoms. The van der Waals surface area contributed by atoms with E-state index in [1.807, 2.05) is 44.2 Å². The zero-order chi connectivity index (χ0) is 15.2. The van der Waals surface area contributed by atoms with Crippen LogP contribution in [0.4, 0.5) is 0 Å². The van der Waals surface area contributed by atoms with Gasteiger partial charge in [-0.25, -0.2) is 0 Å². The van der Waals surface area contributed by atoms with Crippen LogP contribution in [0, 0.1) is 0 Å². The second kappa shape index (κ2) is 5.03. The number of benzene rings is 1. The van der Waals surface area contributed by atoms with Gasteiger partial charge in [-0.15, -0.1) is 11.8 Å². The molecule has 112 valence electrons. The smallest absolute Gasteiger partial charge is 0.246 e. The molecule has 2 amide bonds. The highest BCUT2D eigenvalue weighted by Crippen LogP contribution is 2.44. The lowest BCUT2D eigenvalue weighted by atomic mass is 10.0. The van der Waals surface area contributed by atoms with Gasteiger partial charge in [0.1, 0.15) is 17.6 Å². The van der Waals surface area contributed by atoms with E-state index in [0.717, 1.165) is 5.56 Å². The van der Waals surface area contributed by atoms with Crippen LogP contribution in [-0.4, -0.2) is 44.2 Å². The van der Waals surface area contributed by atoms with Crippen molar-refractivity contribution >= 4 is 23.6 Å². The van der Waals surface area contributed by atoms with E-state index >= 15 is 0 Å². The average molecular weight is 306 g/mol. The molecule has 2 aliphatic heterocycles. The van der Waals surface area contributed by atoms with Crippen LogP contribution < -0.4 is 5.32 Å². The zero-order valence-electron chi connectivity index (χ0n) is 11.9. The fourth-order valence-corrected chi connectivity index (χ4v) is 4.19. The lowest BCUT2D eigenvalue weighted by Crippen LogP contribution is -2.76. The lowest BCUT2D eigenvalue weighted by Gasteiger charge is -2.55. The van der Waals surface area contributed by atoms with Gasteiger partial charge in [0.25, 0.3) is 0 Å². The van der Waals surface area contributed by atoms with Gasteiger partial charge in [-0.3, -0.25) is 9.59 Å². The molecule has 1 aromatic rings. The maximum atomic E-state index is 12.6. The van der Waals surface area contributed by atoms with Gasteiger partial charge in [-0.05, 0) is 19.4 Å². The fourth-order valence-electron chi connectivity index (χ4n) is 2.74. The second-order valence-electron chi connectivity index (χ2n) is 5.93. The van der Waals surface area contributed by atoms with Gasteiger partial charge < -0.3 is 15.3 Å². The van der Waals surface area contributed by atoms with Gasteiger partial charge in [-0.2, -0.15) is 0 Å². The monoisotopic (exact) mass is 306 g/mol. The first kappa shape index (κ1) is 14.4. The predicted molar refractivity (Wildman–Crippen MR) is 80.4 cm³/mol. The Bertz CT molecular complexity index is 576. The first-order chi connectivity index (χ1) is 9.90. The summed E-state index contributed by atoms with van der Waals surface area (Å²) in [5, 5.41) is 13.1. The fraction of sp³-hybridized carbons (Fsp3) is 0.467. The van der Waals surface area contributed by atoms with Gasteiger partial charge in [0.15, 0.2) is 0 Å². The molecule has 1 aromatic carbocycles. The summed E-state index contributed by atoms with van der Waals surface area (Å²) in [7, 11) is 0. The molecule has 0 aliphatic carbocycles. The normalized spacial score (nSPS) is 30.1. The number of amides is 2. The Labute approximate surface area is 127 Å². The Balaban J connectivity index is 1.83. The van der Waals surface area contributed by atoms with Crippen molar-refractivity contribution in [2.24, 2.45) is 0 Å². The number of aliphatic hydroxyl groups excluding tert-OH is 1. The van der Waals surface area contributed by atoms with E-state index in [-0.39, 0.29) is 23.6 Å². The molecule has 3 atom stereocenters. The third-order valence-electron chi connectivity index (χ3n) is 3.94. The van der Waals surface area contributed by atoms with Gasteiger partial charge in [0.2, 0.25) is 11.8 Å². The zero-order valence-corrected chi connectivity index (χ0v) is 12.8. The van der Waals surface area contributed by atoms with Crippen LogP contribution in [0.3, 0.4) is 0 Å². The number of thioether (sulfide) groups is 1. The van der Waals surface area contributed by atoms with Crippen LogP contribution in [0.5, 0.6) is 0 Å². The van der Waals surface area contributed by atoms with E-state index in [2.05, 4.69) is 5.32 Å². The molecule has 3 rings (SSSR count). The number of aliphatic hydroxyl groups is 1. The molecule has 0 spiro atoms. The predicted octanol–water partition coefficient (Wildman–Crippen LogP) is 0.726. The molecule has 1 unspecified atom stereocenters. The summed E-state index contributed by atoms with van der Waals surface area (Å²) in [6, 6.07) is 8.80. The summed E-state index contributed by atoms with van der Waals surface area (Å²) in [5.41, 5.74) is 0.877. The van der Waals surface area contributed by atoms with E-state index in [4.69, 9.17) is 0 Å². The number of nitrogens with one attached hydrogen (secondary N) is 1. The first-order valence-electron chi connectivity index (χ1n) is 6.91. The van der Waals surface area contributed by atoms with E-state index in [9.17, 15) is 14.7 Å². The molecule has 0 radical (unpaired) electrons. The second-order valence-corrected chi connectivity index (χ2v) is 7.73. The summed E-state index contributed by atoms with van der Waals surface area (Å²) in [5.74, 6) is -0.407. The summed E-state index contributed by atoms with van der Waals surface area (Å²) in [6.07, 6.45) is -0.777. The molecule has 0 aromatic heterocycles. The molecule has 0 saturated carbocycles. The van der Waals surface area contributed by atoms with Crippen LogP contribution in [0.25, 0.3) is 0 Å². The minimum atomic E-state index is -0.967. The third kappa shape index (κ3) is 2.42. The first-order valence-corrected chi connectivity index (χ1v) is 7.79. The highest BCUT2D eigenvalue weighted by molar-refractivity contribution is 8.01. The van der Waals surface area contributed by atoms with Crippen LogP contribution in [0.2, 0.25) is 0 Å². The SMILES string of the molecule is CC1(C)S[C@H]2NC(=O)[C@H]2N(C(=O)Cc2ccccc2)C1O. The molecule has 2 N–H and O–H groups in total. The van der Waals surface area contributed by atoms with Crippen molar-refractivity contribution in [3.8, 4) is 0 Å². The Morgan fingerprint density at radius 3 is 2.67 bits per heavy atom.